The summed E-state index contributed by atoms with van der Waals surface area (Å²) < 4.78 is 0. The Balaban J connectivity index is 1.42. The zero-order valence-electron chi connectivity index (χ0n) is 14.2. The summed E-state index contributed by atoms with van der Waals surface area (Å²) in [4.78, 5) is 42.1. The minimum absolute atomic E-state index is 0.0351. The summed E-state index contributed by atoms with van der Waals surface area (Å²) in [5.74, 6) is 0.544. The molecule has 1 amide bonds. The van der Waals surface area contributed by atoms with Gasteiger partial charge >= 0.3 is 5.97 Å². The van der Waals surface area contributed by atoms with Gasteiger partial charge in [-0.05, 0) is 31.4 Å². The number of hydrogen-bond acceptors (Lipinski definition) is 5. The predicted octanol–water partition coefficient (Wildman–Crippen LogP) is 1.92. The van der Waals surface area contributed by atoms with E-state index in [1.165, 1.54) is 11.8 Å². The number of nitrogens with one attached hydrogen (secondary N) is 2. The second-order valence-electron chi connectivity index (χ2n) is 6.45. The first kappa shape index (κ1) is 18.4. The van der Waals surface area contributed by atoms with Crippen molar-refractivity contribution in [2.45, 2.75) is 37.5 Å². The van der Waals surface area contributed by atoms with Crippen molar-refractivity contribution < 1.29 is 14.7 Å². The molecule has 1 aliphatic rings. The number of rotatable bonds is 7. The normalized spacial score (nSPS) is 19.5. The summed E-state index contributed by atoms with van der Waals surface area (Å²) in [5, 5.41) is 12.5. The lowest BCUT2D eigenvalue weighted by Crippen LogP contribution is -2.33. The lowest BCUT2D eigenvalue weighted by atomic mass is 10.1. The topological polar surface area (TPSA) is 112 Å². The van der Waals surface area contributed by atoms with Crippen LogP contribution < -0.4 is 10.9 Å². The zero-order chi connectivity index (χ0) is 18.5. The standard InChI is InChI=1S/C18H21N3O4S/c22-16(19-12-6-5-11(9-12)18(24)25)7-8-26-10-15-20-14-4-2-1-3-13(14)17(23)21-15/h1-4,11-12H,5-10H2,(H,19,22)(H,24,25)(H,20,21,23)/t11-,12+/m1/s1. The number of carbonyl (C=O) groups is 2. The SMILES string of the molecule is O=C(CCSCc1nc2ccccc2c(=O)[nH]1)N[C@H]1CC[C@@H](C(=O)O)C1. The van der Waals surface area contributed by atoms with Gasteiger partial charge in [0.2, 0.25) is 5.91 Å². The Kier molecular flexibility index (Phi) is 5.92. The fraction of sp³-hybridized carbons (Fsp3) is 0.444. The van der Waals surface area contributed by atoms with Gasteiger partial charge in [0.15, 0.2) is 0 Å². The number of carboxylic acid groups (broad SMARTS) is 1. The average molecular weight is 375 g/mol. The Morgan fingerprint density at radius 2 is 2.12 bits per heavy atom. The molecule has 138 valence electrons. The van der Waals surface area contributed by atoms with Crippen LogP contribution in [-0.2, 0) is 15.3 Å². The van der Waals surface area contributed by atoms with Crippen molar-refractivity contribution in [2.75, 3.05) is 5.75 Å². The molecule has 1 fully saturated rings. The molecule has 7 nitrogen and oxygen atoms in total. The van der Waals surface area contributed by atoms with Gasteiger partial charge in [0, 0.05) is 18.2 Å². The van der Waals surface area contributed by atoms with Gasteiger partial charge in [-0.25, -0.2) is 4.98 Å². The number of para-hydroxylation sites is 1. The van der Waals surface area contributed by atoms with Crippen molar-refractivity contribution in [3.05, 3.63) is 40.4 Å². The van der Waals surface area contributed by atoms with E-state index < -0.39 is 5.97 Å². The first-order valence-corrected chi connectivity index (χ1v) is 9.76. The molecule has 0 aliphatic heterocycles. The zero-order valence-corrected chi connectivity index (χ0v) is 15.1. The van der Waals surface area contributed by atoms with E-state index in [0.717, 1.165) is 6.42 Å². The molecule has 8 heteroatoms. The number of nitrogens with zero attached hydrogens (tertiary/aromatic N) is 1. The third-order valence-corrected chi connectivity index (χ3v) is 5.49. The molecule has 2 atom stereocenters. The van der Waals surface area contributed by atoms with E-state index in [1.807, 2.05) is 6.07 Å². The third kappa shape index (κ3) is 4.63. The summed E-state index contributed by atoms with van der Waals surface area (Å²) >= 11 is 1.53. The second-order valence-corrected chi connectivity index (χ2v) is 7.55. The number of hydrogen-bond donors (Lipinski definition) is 3. The molecule has 3 rings (SSSR count). The number of aromatic amines is 1. The van der Waals surface area contributed by atoms with Crippen LogP contribution in [0.4, 0.5) is 0 Å². The Morgan fingerprint density at radius 1 is 1.31 bits per heavy atom. The monoisotopic (exact) mass is 375 g/mol. The van der Waals surface area contributed by atoms with Gasteiger partial charge in [0.1, 0.15) is 5.82 Å². The largest absolute Gasteiger partial charge is 0.481 e. The van der Waals surface area contributed by atoms with E-state index >= 15 is 0 Å². The Morgan fingerprint density at radius 3 is 2.88 bits per heavy atom. The van der Waals surface area contributed by atoms with Crippen LogP contribution in [0.5, 0.6) is 0 Å². The van der Waals surface area contributed by atoms with Crippen LogP contribution in [-0.4, -0.2) is 38.7 Å². The van der Waals surface area contributed by atoms with Crippen molar-refractivity contribution in [3.8, 4) is 0 Å². The van der Waals surface area contributed by atoms with Crippen LogP contribution >= 0.6 is 11.8 Å². The average Bonchev–Trinajstić information content (AvgIpc) is 3.07. The lowest BCUT2D eigenvalue weighted by Gasteiger charge is -2.12. The summed E-state index contributed by atoms with van der Waals surface area (Å²) in [6, 6.07) is 7.15. The summed E-state index contributed by atoms with van der Waals surface area (Å²) in [6.45, 7) is 0. The Labute approximate surface area is 154 Å². The van der Waals surface area contributed by atoms with Crippen molar-refractivity contribution in [1.29, 1.82) is 0 Å². The van der Waals surface area contributed by atoms with Crippen LogP contribution in [0.15, 0.2) is 29.1 Å². The van der Waals surface area contributed by atoms with Crippen molar-refractivity contribution in [1.82, 2.24) is 15.3 Å². The van der Waals surface area contributed by atoms with E-state index in [9.17, 15) is 14.4 Å². The molecule has 26 heavy (non-hydrogen) atoms. The summed E-state index contributed by atoms with van der Waals surface area (Å²) in [6.07, 6.45) is 2.21. The Bertz CT molecular complexity index is 867. The van der Waals surface area contributed by atoms with E-state index in [1.54, 1.807) is 18.2 Å². The van der Waals surface area contributed by atoms with Gasteiger partial charge < -0.3 is 15.4 Å². The van der Waals surface area contributed by atoms with E-state index in [2.05, 4.69) is 15.3 Å². The highest BCUT2D eigenvalue weighted by Crippen LogP contribution is 2.25. The smallest absolute Gasteiger partial charge is 0.306 e. The minimum Gasteiger partial charge on any atom is -0.481 e. The highest BCUT2D eigenvalue weighted by molar-refractivity contribution is 7.98. The van der Waals surface area contributed by atoms with Gasteiger partial charge in [-0.15, -0.1) is 0 Å². The molecule has 0 spiro atoms. The van der Waals surface area contributed by atoms with Crippen LogP contribution in [0.1, 0.15) is 31.5 Å². The summed E-state index contributed by atoms with van der Waals surface area (Å²) in [5.41, 5.74) is 0.511. The first-order valence-electron chi connectivity index (χ1n) is 8.61. The van der Waals surface area contributed by atoms with E-state index in [-0.39, 0.29) is 23.4 Å². The number of H-pyrrole nitrogens is 1. The van der Waals surface area contributed by atoms with Crippen LogP contribution in [0.3, 0.4) is 0 Å². The van der Waals surface area contributed by atoms with Crippen LogP contribution in [0.25, 0.3) is 10.9 Å². The van der Waals surface area contributed by atoms with Crippen molar-refractivity contribution in [3.63, 3.8) is 0 Å². The van der Waals surface area contributed by atoms with Crippen molar-refractivity contribution >= 4 is 34.5 Å². The highest BCUT2D eigenvalue weighted by atomic mass is 32.2. The molecule has 0 unspecified atom stereocenters. The van der Waals surface area contributed by atoms with Crippen molar-refractivity contribution in [2.24, 2.45) is 5.92 Å². The minimum atomic E-state index is -0.783. The molecule has 1 aliphatic carbocycles. The third-order valence-electron chi connectivity index (χ3n) is 4.52. The number of carbonyl (C=O) groups excluding carboxylic acids is 1. The molecule has 1 aromatic heterocycles. The maximum atomic E-state index is 12.0. The molecule has 0 bridgehead atoms. The highest BCUT2D eigenvalue weighted by Gasteiger charge is 2.30. The van der Waals surface area contributed by atoms with Gasteiger partial charge in [0.05, 0.1) is 22.6 Å². The molecule has 1 saturated carbocycles. The maximum Gasteiger partial charge on any atom is 0.306 e. The lowest BCUT2D eigenvalue weighted by molar-refractivity contribution is -0.141. The molecule has 3 N–H and O–H groups in total. The predicted molar refractivity (Wildman–Crippen MR) is 100 cm³/mol. The maximum absolute atomic E-state index is 12.0. The number of amides is 1. The number of fused-ring (bicyclic) bond motifs is 1. The number of benzene rings is 1. The number of thioether (sulfide) groups is 1. The van der Waals surface area contributed by atoms with Gasteiger partial charge in [-0.1, -0.05) is 12.1 Å². The molecule has 2 aromatic rings. The Hall–Kier alpha value is -2.35. The molecule has 0 saturated heterocycles. The molecular formula is C18H21N3O4S. The number of aliphatic carboxylic acids is 1. The summed E-state index contributed by atoms with van der Waals surface area (Å²) in [7, 11) is 0. The van der Waals surface area contributed by atoms with Gasteiger partial charge in [-0.2, -0.15) is 11.8 Å². The number of carboxylic acids is 1. The molecule has 0 radical (unpaired) electrons. The van der Waals surface area contributed by atoms with E-state index in [0.29, 0.717) is 47.5 Å². The fourth-order valence-corrected chi connectivity index (χ4v) is 3.98. The quantitative estimate of drug-likeness (QED) is 0.638. The molecule has 1 aromatic carbocycles. The molecule has 1 heterocycles. The van der Waals surface area contributed by atoms with E-state index in [4.69, 9.17) is 5.11 Å². The van der Waals surface area contributed by atoms with Crippen LogP contribution in [0, 0.1) is 5.92 Å². The number of aromatic nitrogens is 2. The van der Waals surface area contributed by atoms with Gasteiger partial charge in [0.25, 0.3) is 5.56 Å². The molecular weight excluding hydrogens is 354 g/mol. The fourth-order valence-electron chi connectivity index (χ4n) is 3.17. The first-order chi connectivity index (χ1) is 12.5. The second kappa shape index (κ2) is 8.35. The van der Waals surface area contributed by atoms with Gasteiger partial charge in [-0.3, -0.25) is 14.4 Å². The van der Waals surface area contributed by atoms with Crippen LogP contribution in [0.2, 0.25) is 0 Å².